The van der Waals surface area contributed by atoms with Crippen LogP contribution in [0.25, 0.3) is 17.3 Å². The number of hydrogen-bond acceptors (Lipinski definition) is 5. The number of rotatable bonds is 2. The van der Waals surface area contributed by atoms with Crippen molar-refractivity contribution in [2.24, 2.45) is 0 Å². The van der Waals surface area contributed by atoms with Crippen LogP contribution >= 0.6 is 11.6 Å². The summed E-state index contributed by atoms with van der Waals surface area (Å²) in [5.41, 5.74) is 0.422. The summed E-state index contributed by atoms with van der Waals surface area (Å²) in [6, 6.07) is 1.27. The maximum Gasteiger partial charge on any atom is 0.239 e. The van der Waals surface area contributed by atoms with Gasteiger partial charge in [0.25, 0.3) is 0 Å². The van der Waals surface area contributed by atoms with E-state index in [9.17, 15) is 4.39 Å². The van der Waals surface area contributed by atoms with Gasteiger partial charge < -0.3 is 0 Å². The summed E-state index contributed by atoms with van der Waals surface area (Å²) in [4.78, 5) is 19.8. The monoisotopic (exact) mass is 276 g/mol. The van der Waals surface area contributed by atoms with Crippen LogP contribution in [0.5, 0.6) is 0 Å². The Morgan fingerprint density at radius 2 is 2.00 bits per heavy atom. The van der Waals surface area contributed by atoms with Crippen LogP contribution in [0.15, 0.2) is 37.2 Å². The smallest absolute Gasteiger partial charge is 0.239 e. The van der Waals surface area contributed by atoms with Crippen LogP contribution in [0.4, 0.5) is 4.39 Å². The highest BCUT2D eigenvalue weighted by Gasteiger charge is 2.09. The second-order valence-electron chi connectivity index (χ2n) is 3.59. The lowest BCUT2D eigenvalue weighted by molar-refractivity contribution is 0.621. The van der Waals surface area contributed by atoms with Crippen molar-refractivity contribution in [3.63, 3.8) is 0 Å². The summed E-state index contributed by atoms with van der Waals surface area (Å²) in [5.74, 6) is 0.0747. The van der Waals surface area contributed by atoms with Crippen LogP contribution < -0.4 is 0 Å². The molecular weight excluding hydrogens is 271 g/mol. The molecule has 0 aliphatic heterocycles. The fraction of sp³-hybridized carbons (Fsp3) is 0. The van der Waals surface area contributed by atoms with Crippen LogP contribution in [-0.2, 0) is 0 Å². The van der Waals surface area contributed by atoms with Crippen molar-refractivity contribution >= 4 is 11.6 Å². The van der Waals surface area contributed by atoms with Gasteiger partial charge >= 0.3 is 0 Å². The first kappa shape index (κ1) is 11.7. The minimum absolute atomic E-state index is 0.0120. The maximum atomic E-state index is 13.1. The summed E-state index contributed by atoms with van der Waals surface area (Å²) in [7, 11) is 0. The Morgan fingerprint density at radius 3 is 2.74 bits per heavy atom. The summed E-state index contributed by atoms with van der Waals surface area (Å²) in [5, 5.41) is 0.0120. The number of imidazole rings is 1. The molecule has 0 amide bonds. The molecule has 3 aromatic heterocycles. The molecule has 6 nitrogen and oxygen atoms in total. The van der Waals surface area contributed by atoms with Crippen LogP contribution in [0.3, 0.4) is 0 Å². The number of aromatic nitrogens is 6. The van der Waals surface area contributed by atoms with E-state index >= 15 is 0 Å². The van der Waals surface area contributed by atoms with Crippen molar-refractivity contribution in [2.75, 3.05) is 0 Å². The molecule has 0 aliphatic carbocycles. The van der Waals surface area contributed by atoms with Crippen LogP contribution in [0.2, 0.25) is 5.28 Å². The first-order chi connectivity index (χ1) is 9.22. The molecule has 0 unspecified atom stereocenters. The summed E-state index contributed by atoms with van der Waals surface area (Å²) in [6.07, 6.45) is 7.33. The Hall–Kier alpha value is -2.41. The molecule has 3 heterocycles. The molecule has 0 bridgehead atoms. The van der Waals surface area contributed by atoms with E-state index in [1.165, 1.54) is 18.6 Å². The quantitative estimate of drug-likeness (QED) is 0.715. The highest BCUT2D eigenvalue weighted by atomic mass is 35.5. The van der Waals surface area contributed by atoms with E-state index < -0.39 is 5.82 Å². The van der Waals surface area contributed by atoms with Gasteiger partial charge in [0.05, 0.1) is 6.20 Å². The van der Waals surface area contributed by atoms with Gasteiger partial charge in [0.15, 0.2) is 5.82 Å². The van der Waals surface area contributed by atoms with Gasteiger partial charge in [-0.3, -0.25) is 9.55 Å². The predicted octanol–water partition coefficient (Wildman–Crippen LogP) is 1.91. The number of pyridine rings is 1. The van der Waals surface area contributed by atoms with Crippen molar-refractivity contribution in [3.8, 4) is 17.3 Å². The third-order valence-corrected chi connectivity index (χ3v) is 2.46. The van der Waals surface area contributed by atoms with Crippen molar-refractivity contribution < 1.29 is 4.39 Å². The zero-order chi connectivity index (χ0) is 13.2. The van der Waals surface area contributed by atoms with Gasteiger partial charge in [0.1, 0.15) is 12.1 Å². The number of hydrogen-bond donors (Lipinski definition) is 0. The molecule has 0 N–H and O–H groups in total. The molecular formula is C11H6ClFN6. The van der Waals surface area contributed by atoms with Crippen molar-refractivity contribution in [3.05, 3.63) is 48.3 Å². The first-order valence-electron chi connectivity index (χ1n) is 5.23. The maximum absolute atomic E-state index is 13.1. The number of halogens is 2. The Bertz CT molecular complexity index is 715. The largest absolute Gasteiger partial charge is 0.274 e. The van der Waals surface area contributed by atoms with Gasteiger partial charge in [-0.15, -0.1) is 0 Å². The normalized spacial score (nSPS) is 10.6. The molecule has 0 saturated carbocycles. The van der Waals surface area contributed by atoms with Gasteiger partial charge in [-0.05, 0) is 17.7 Å². The van der Waals surface area contributed by atoms with Gasteiger partial charge in [0, 0.05) is 24.2 Å². The fourth-order valence-electron chi connectivity index (χ4n) is 1.50. The molecule has 94 valence electrons. The SMILES string of the molecule is Fc1cncc(-c2nc(Cl)nc(-n3ccnc3)n2)c1. The molecule has 0 saturated heterocycles. The lowest BCUT2D eigenvalue weighted by Crippen LogP contribution is -2.03. The van der Waals surface area contributed by atoms with Gasteiger partial charge in [-0.1, -0.05) is 0 Å². The predicted molar refractivity (Wildman–Crippen MR) is 65.1 cm³/mol. The third-order valence-electron chi connectivity index (χ3n) is 2.29. The summed E-state index contributed by atoms with van der Waals surface area (Å²) < 4.78 is 14.7. The van der Waals surface area contributed by atoms with E-state index in [4.69, 9.17) is 11.6 Å². The van der Waals surface area contributed by atoms with Gasteiger partial charge in [-0.25, -0.2) is 9.37 Å². The Balaban J connectivity index is 2.12. The lowest BCUT2D eigenvalue weighted by atomic mass is 10.2. The summed E-state index contributed by atoms with van der Waals surface area (Å²) in [6.45, 7) is 0. The summed E-state index contributed by atoms with van der Waals surface area (Å²) >= 11 is 5.85. The molecule has 0 aliphatic rings. The van der Waals surface area contributed by atoms with E-state index in [1.54, 1.807) is 17.0 Å². The molecule has 3 rings (SSSR count). The molecule has 8 heteroatoms. The van der Waals surface area contributed by atoms with Crippen LogP contribution in [0, 0.1) is 5.82 Å². The van der Waals surface area contributed by atoms with E-state index in [1.807, 2.05) is 0 Å². The van der Waals surface area contributed by atoms with E-state index in [-0.39, 0.29) is 11.1 Å². The molecule has 0 fully saturated rings. The minimum atomic E-state index is -0.474. The highest BCUT2D eigenvalue weighted by Crippen LogP contribution is 2.17. The van der Waals surface area contributed by atoms with E-state index in [0.29, 0.717) is 11.5 Å². The van der Waals surface area contributed by atoms with Gasteiger partial charge in [0.2, 0.25) is 11.2 Å². The first-order valence-corrected chi connectivity index (χ1v) is 5.61. The molecule has 3 aromatic rings. The molecule has 0 radical (unpaired) electrons. The van der Waals surface area contributed by atoms with Crippen LogP contribution in [-0.4, -0.2) is 29.5 Å². The average molecular weight is 277 g/mol. The van der Waals surface area contributed by atoms with E-state index in [2.05, 4.69) is 24.9 Å². The fourth-order valence-corrected chi connectivity index (χ4v) is 1.65. The second kappa shape index (κ2) is 4.69. The van der Waals surface area contributed by atoms with E-state index in [0.717, 1.165) is 6.20 Å². The Kier molecular flexibility index (Phi) is 2.88. The second-order valence-corrected chi connectivity index (χ2v) is 3.93. The average Bonchev–Trinajstić information content (AvgIpc) is 2.92. The Labute approximate surface area is 112 Å². The molecule has 19 heavy (non-hydrogen) atoms. The van der Waals surface area contributed by atoms with Crippen LogP contribution in [0.1, 0.15) is 0 Å². The third kappa shape index (κ3) is 2.41. The zero-order valence-corrected chi connectivity index (χ0v) is 10.2. The van der Waals surface area contributed by atoms with Crippen molar-refractivity contribution in [1.29, 1.82) is 0 Å². The number of nitrogens with zero attached hydrogens (tertiary/aromatic N) is 6. The molecule has 0 aromatic carbocycles. The van der Waals surface area contributed by atoms with Crippen molar-refractivity contribution in [2.45, 2.75) is 0 Å². The Morgan fingerprint density at radius 1 is 1.11 bits per heavy atom. The lowest BCUT2D eigenvalue weighted by Gasteiger charge is -2.04. The van der Waals surface area contributed by atoms with Crippen molar-refractivity contribution in [1.82, 2.24) is 29.5 Å². The van der Waals surface area contributed by atoms with Gasteiger partial charge in [-0.2, -0.15) is 15.0 Å². The topological polar surface area (TPSA) is 69.4 Å². The standard InChI is InChI=1S/C11H6ClFN6/c12-10-16-9(7-3-8(13)5-15-4-7)17-11(18-10)19-2-1-14-6-19/h1-6H. The highest BCUT2D eigenvalue weighted by molar-refractivity contribution is 6.28. The molecule has 0 spiro atoms. The molecule has 0 atom stereocenters. The minimum Gasteiger partial charge on any atom is -0.274 e. The zero-order valence-electron chi connectivity index (χ0n) is 9.40.